The molecule has 13 heavy (non-hydrogen) atoms. The molecule has 3 nitrogen and oxygen atoms in total. The molecule has 1 aromatic rings. The summed E-state index contributed by atoms with van der Waals surface area (Å²) >= 11 is 9.21. The van der Waals surface area contributed by atoms with Crippen molar-refractivity contribution in [2.45, 2.75) is 4.90 Å². The summed E-state index contributed by atoms with van der Waals surface area (Å²) in [6.45, 7) is 0. The zero-order chi connectivity index (χ0) is 10.2. The van der Waals surface area contributed by atoms with Crippen molar-refractivity contribution in [2.24, 2.45) is 0 Å². The van der Waals surface area contributed by atoms with Crippen LogP contribution in [0.3, 0.4) is 0 Å². The van der Waals surface area contributed by atoms with Crippen molar-refractivity contribution in [3.05, 3.63) is 25.6 Å². The van der Waals surface area contributed by atoms with E-state index in [-0.39, 0.29) is 4.90 Å². The van der Waals surface area contributed by atoms with Gasteiger partial charge in [-0.2, -0.15) is 8.42 Å². The van der Waals surface area contributed by atoms with Crippen molar-refractivity contribution in [2.75, 3.05) is 0 Å². The zero-order valence-electron chi connectivity index (χ0n) is 5.96. The third kappa shape index (κ3) is 2.53. The first-order valence-electron chi connectivity index (χ1n) is 2.95. The van der Waals surface area contributed by atoms with Crippen LogP contribution in [-0.4, -0.2) is 13.0 Å². The highest BCUT2D eigenvalue weighted by atomic mass is 79.9. The first-order valence-corrected chi connectivity index (χ1v) is 6.77. The molecule has 0 spiro atoms. The lowest BCUT2D eigenvalue weighted by Crippen LogP contribution is -2.00. The summed E-state index contributed by atoms with van der Waals surface area (Å²) < 4.78 is 31.8. The van der Waals surface area contributed by atoms with E-state index in [0.717, 1.165) is 0 Å². The monoisotopic (exact) mass is 392 g/mol. The van der Waals surface area contributed by atoms with Gasteiger partial charge in [0.05, 0.1) is 4.47 Å². The predicted molar refractivity (Wildman–Crippen MR) is 59.4 cm³/mol. The summed E-state index contributed by atoms with van der Waals surface area (Å²) in [5.74, 6) is 0. The summed E-state index contributed by atoms with van der Waals surface area (Å²) in [7, 11) is -4.21. The Labute approximate surface area is 101 Å². The maximum Gasteiger partial charge on any atom is 0.296 e. The van der Waals surface area contributed by atoms with Crippen molar-refractivity contribution >= 4 is 57.9 Å². The van der Waals surface area contributed by atoms with Gasteiger partial charge < -0.3 is 0 Å². The Kier molecular flexibility index (Phi) is 3.56. The third-order valence-corrected chi connectivity index (χ3v) is 5.40. The van der Waals surface area contributed by atoms with Crippen LogP contribution in [0.2, 0.25) is 0 Å². The Morgan fingerprint density at radius 1 is 1.08 bits per heavy atom. The molecule has 72 valence electrons. The number of hydrogen-bond acceptors (Lipinski definition) is 2. The molecule has 0 atom stereocenters. The van der Waals surface area contributed by atoms with Crippen molar-refractivity contribution < 1.29 is 13.0 Å². The highest BCUT2D eigenvalue weighted by molar-refractivity contribution is 9.13. The number of halogens is 3. The minimum Gasteiger partial charge on any atom is -0.282 e. The average molecular weight is 395 g/mol. The summed E-state index contributed by atoms with van der Waals surface area (Å²) in [5.41, 5.74) is 0. The van der Waals surface area contributed by atoms with Crippen LogP contribution in [0.4, 0.5) is 0 Å². The van der Waals surface area contributed by atoms with Gasteiger partial charge in [0, 0.05) is 8.95 Å². The van der Waals surface area contributed by atoms with E-state index in [1.54, 1.807) is 6.07 Å². The summed E-state index contributed by atoms with van der Waals surface area (Å²) in [6, 6.07) is 3.18. The van der Waals surface area contributed by atoms with Crippen LogP contribution in [0.5, 0.6) is 0 Å². The number of benzene rings is 1. The van der Waals surface area contributed by atoms with Gasteiger partial charge in [0.25, 0.3) is 10.1 Å². The highest BCUT2D eigenvalue weighted by Gasteiger charge is 2.19. The fraction of sp³-hybridized carbons (Fsp3) is 0. The molecule has 0 aliphatic rings. The third-order valence-electron chi connectivity index (χ3n) is 1.26. The minimum absolute atomic E-state index is 0.179. The maximum absolute atomic E-state index is 10.9. The van der Waals surface area contributed by atoms with E-state index >= 15 is 0 Å². The van der Waals surface area contributed by atoms with E-state index in [9.17, 15) is 8.42 Å². The van der Waals surface area contributed by atoms with Crippen LogP contribution < -0.4 is 0 Å². The molecule has 1 rings (SSSR count). The molecule has 0 radical (unpaired) electrons. The molecule has 0 saturated carbocycles. The predicted octanol–water partition coefficient (Wildman–Crippen LogP) is 3.22. The fourth-order valence-electron chi connectivity index (χ4n) is 0.745. The molecule has 1 aromatic carbocycles. The van der Waals surface area contributed by atoms with Crippen molar-refractivity contribution in [3.63, 3.8) is 0 Å². The molecule has 1 N–H and O–H groups in total. The van der Waals surface area contributed by atoms with Gasteiger partial charge in [-0.3, -0.25) is 4.55 Å². The van der Waals surface area contributed by atoms with Crippen LogP contribution >= 0.6 is 47.8 Å². The lowest BCUT2D eigenvalue weighted by atomic mass is 10.4. The first-order chi connectivity index (χ1) is 5.84. The SMILES string of the molecule is O=S(=O)(O)c1c(Br)ccc(Br)c1Br. The quantitative estimate of drug-likeness (QED) is 0.587. The standard InChI is InChI=1S/C6H3Br3O3S/c7-3-1-2-4(8)6(5(3)9)13(10,11)12/h1-2H,(H,10,11,12). The summed E-state index contributed by atoms with van der Waals surface area (Å²) in [6.07, 6.45) is 0. The van der Waals surface area contributed by atoms with Crippen LogP contribution in [0, 0.1) is 0 Å². The number of rotatable bonds is 1. The van der Waals surface area contributed by atoms with Crippen LogP contribution in [-0.2, 0) is 10.1 Å². The topological polar surface area (TPSA) is 54.4 Å². The Balaban J connectivity index is 3.62. The van der Waals surface area contributed by atoms with Gasteiger partial charge in [0.1, 0.15) is 4.90 Å². The van der Waals surface area contributed by atoms with E-state index in [4.69, 9.17) is 4.55 Å². The van der Waals surface area contributed by atoms with Crippen LogP contribution in [0.1, 0.15) is 0 Å². The Hall–Kier alpha value is 0.570. The van der Waals surface area contributed by atoms with E-state index in [0.29, 0.717) is 13.4 Å². The molecule has 0 amide bonds. The summed E-state index contributed by atoms with van der Waals surface area (Å²) in [5, 5.41) is 0. The van der Waals surface area contributed by atoms with Crippen molar-refractivity contribution in [3.8, 4) is 0 Å². The molecule has 7 heteroatoms. The Bertz CT molecular complexity index is 441. The zero-order valence-corrected chi connectivity index (χ0v) is 11.5. The molecule has 0 bridgehead atoms. The van der Waals surface area contributed by atoms with E-state index in [2.05, 4.69) is 47.8 Å². The van der Waals surface area contributed by atoms with E-state index in [1.807, 2.05) is 0 Å². The molecule has 0 aliphatic carbocycles. The lowest BCUT2D eigenvalue weighted by molar-refractivity contribution is 0.482. The highest BCUT2D eigenvalue weighted by Crippen LogP contribution is 2.35. The first kappa shape index (κ1) is 11.6. The van der Waals surface area contributed by atoms with Gasteiger partial charge in [-0.1, -0.05) is 0 Å². The molecule has 0 saturated heterocycles. The second-order valence-corrected chi connectivity index (χ2v) is 6.01. The van der Waals surface area contributed by atoms with E-state index in [1.165, 1.54) is 6.07 Å². The van der Waals surface area contributed by atoms with Crippen molar-refractivity contribution in [1.82, 2.24) is 0 Å². The number of hydrogen-bond donors (Lipinski definition) is 1. The lowest BCUT2D eigenvalue weighted by Gasteiger charge is -2.04. The van der Waals surface area contributed by atoms with Crippen LogP contribution in [0.15, 0.2) is 30.4 Å². The normalized spacial score (nSPS) is 11.7. The average Bonchev–Trinajstić information content (AvgIpc) is 1.95. The summed E-state index contributed by atoms with van der Waals surface area (Å²) in [4.78, 5) is -0.179. The molecule has 0 unspecified atom stereocenters. The van der Waals surface area contributed by atoms with Gasteiger partial charge in [-0.15, -0.1) is 0 Å². The maximum atomic E-state index is 10.9. The Morgan fingerprint density at radius 2 is 1.54 bits per heavy atom. The van der Waals surface area contributed by atoms with Crippen LogP contribution in [0.25, 0.3) is 0 Å². The molecular weight excluding hydrogens is 392 g/mol. The van der Waals surface area contributed by atoms with Gasteiger partial charge >= 0.3 is 0 Å². The molecule has 0 heterocycles. The smallest absolute Gasteiger partial charge is 0.282 e. The second kappa shape index (κ2) is 3.98. The molecule has 0 aliphatic heterocycles. The van der Waals surface area contributed by atoms with Crippen molar-refractivity contribution in [1.29, 1.82) is 0 Å². The largest absolute Gasteiger partial charge is 0.296 e. The second-order valence-electron chi connectivity index (χ2n) is 2.15. The molecule has 0 fully saturated rings. The van der Waals surface area contributed by atoms with E-state index < -0.39 is 10.1 Å². The molecular formula is C6H3Br3O3S. The molecule has 0 aromatic heterocycles. The Morgan fingerprint density at radius 3 is 1.92 bits per heavy atom. The van der Waals surface area contributed by atoms with Gasteiger partial charge in [-0.05, 0) is 59.9 Å². The fourth-order valence-corrected chi connectivity index (χ4v) is 4.03. The van der Waals surface area contributed by atoms with Gasteiger partial charge in [0.15, 0.2) is 0 Å². The van der Waals surface area contributed by atoms with Gasteiger partial charge in [0.2, 0.25) is 0 Å². The van der Waals surface area contributed by atoms with Gasteiger partial charge in [-0.25, -0.2) is 0 Å². The minimum atomic E-state index is -4.21.